The number of hydrogen-bond acceptors (Lipinski definition) is 6. The Kier molecular flexibility index (Phi) is 3.97. The third kappa shape index (κ3) is 3.07. The fourth-order valence-electron chi connectivity index (χ4n) is 2.73. The van der Waals surface area contributed by atoms with Crippen molar-refractivity contribution < 1.29 is 4.74 Å². The highest BCUT2D eigenvalue weighted by Crippen LogP contribution is 2.38. The number of methoxy groups -OCH3 is 1. The summed E-state index contributed by atoms with van der Waals surface area (Å²) in [6.07, 6.45) is 3.23. The number of aromatic nitrogens is 4. The molecule has 0 radical (unpaired) electrons. The lowest BCUT2D eigenvalue weighted by atomic mass is 10.3. The molecule has 0 bridgehead atoms. The maximum Gasteiger partial charge on any atom is 0.202 e. The van der Waals surface area contributed by atoms with Crippen molar-refractivity contribution in [3.8, 4) is 0 Å². The van der Waals surface area contributed by atoms with Gasteiger partial charge in [0, 0.05) is 31.1 Å². The van der Waals surface area contributed by atoms with E-state index in [0.29, 0.717) is 19.2 Å². The number of hydrogen-bond donors (Lipinski definition) is 1. The zero-order chi connectivity index (χ0) is 15.6. The zero-order valence-electron chi connectivity index (χ0n) is 13.0. The third-order valence-corrected chi connectivity index (χ3v) is 4.69. The summed E-state index contributed by atoms with van der Waals surface area (Å²) in [6, 6.07) is 8.94. The Bertz CT molecular complexity index is 808. The Labute approximate surface area is 138 Å². The van der Waals surface area contributed by atoms with Gasteiger partial charge in [-0.15, -0.1) is 0 Å². The zero-order valence-corrected chi connectivity index (χ0v) is 13.8. The van der Waals surface area contributed by atoms with E-state index in [1.165, 1.54) is 29.9 Å². The molecule has 0 amide bonds. The molecule has 0 unspecified atom stereocenters. The Morgan fingerprint density at radius 3 is 3.00 bits per heavy atom. The van der Waals surface area contributed by atoms with Crippen LogP contribution in [0.4, 0.5) is 5.13 Å². The minimum atomic E-state index is 0.603. The smallest absolute Gasteiger partial charge is 0.202 e. The first-order valence-electron chi connectivity index (χ1n) is 7.86. The first kappa shape index (κ1) is 14.6. The molecule has 1 fully saturated rings. The van der Waals surface area contributed by atoms with Gasteiger partial charge in [0.1, 0.15) is 11.6 Å². The van der Waals surface area contributed by atoms with Gasteiger partial charge in [0.2, 0.25) is 5.13 Å². The Morgan fingerprint density at radius 1 is 1.30 bits per heavy atom. The van der Waals surface area contributed by atoms with Crippen LogP contribution in [0.3, 0.4) is 0 Å². The highest BCUT2D eigenvalue weighted by atomic mass is 32.1. The summed E-state index contributed by atoms with van der Waals surface area (Å²) < 4.78 is 11.8. The van der Waals surface area contributed by atoms with Crippen LogP contribution in [0.2, 0.25) is 0 Å². The number of fused-ring (bicyclic) bond motifs is 1. The normalized spacial score (nSPS) is 14.5. The summed E-state index contributed by atoms with van der Waals surface area (Å²) in [5.74, 6) is 1.90. The van der Waals surface area contributed by atoms with E-state index in [4.69, 9.17) is 9.72 Å². The van der Waals surface area contributed by atoms with Gasteiger partial charge in [-0.3, -0.25) is 0 Å². The standard InChI is InChI=1S/C16H19N5OS/c1-22-9-8-14-19-16(23-20-14)17-10-15-18-12-4-2-3-5-13(12)21(15)11-6-7-11/h2-5,11H,6-10H2,1H3,(H,17,19,20). The topological polar surface area (TPSA) is 64.9 Å². The van der Waals surface area contributed by atoms with Gasteiger partial charge in [-0.25, -0.2) is 9.97 Å². The fourth-order valence-corrected chi connectivity index (χ4v) is 3.34. The molecular formula is C16H19N5OS. The average Bonchev–Trinajstić information content (AvgIpc) is 3.19. The van der Waals surface area contributed by atoms with Gasteiger partial charge in [0.15, 0.2) is 0 Å². The largest absolute Gasteiger partial charge is 0.384 e. The van der Waals surface area contributed by atoms with Crippen LogP contribution in [0.5, 0.6) is 0 Å². The molecule has 0 aliphatic heterocycles. The number of benzene rings is 1. The Hall–Kier alpha value is -1.99. The lowest BCUT2D eigenvalue weighted by Gasteiger charge is -2.07. The summed E-state index contributed by atoms with van der Waals surface area (Å²) in [5, 5.41) is 4.20. The van der Waals surface area contributed by atoms with Crippen molar-refractivity contribution in [3.05, 3.63) is 35.9 Å². The molecule has 0 saturated heterocycles. The highest BCUT2D eigenvalue weighted by molar-refractivity contribution is 7.09. The van der Waals surface area contributed by atoms with Crippen LogP contribution in [0.1, 0.15) is 30.5 Å². The van der Waals surface area contributed by atoms with E-state index in [2.05, 4.69) is 37.4 Å². The molecule has 120 valence electrons. The van der Waals surface area contributed by atoms with Crippen LogP contribution in [0.15, 0.2) is 24.3 Å². The molecule has 1 aliphatic carbocycles. The van der Waals surface area contributed by atoms with Gasteiger partial charge in [-0.05, 0) is 25.0 Å². The van der Waals surface area contributed by atoms with Crippen LogP contribution < -0.4 is 5.32 Å². The van der Waals surface area contributed by atoms with E-state index in [-0.39, 0.29) is 0 Å². The first-order valence-corrected chi connectivity index (χ1v) is 8.63. The Balaban J connectivity index is 1.51. The molecule has 1 aromatic carbocycles. The molecule has 3 aromatic rings. The van der Waals surface area contributed by atoms with Crippen molar-refractivity contribution in [2.45, 2.75) is 31.8 Å². The maximum atomic E-state index is 5.06. The van der Waals surface area contributed by atoms with Crippen molar-refractivity contribution in [1.29, 1.82) is 0 Å². The lowest BCUT2D eigenvalue weighted by molar-refractivity contribution is 0.201. The van der Waals surface area contributed by atoms with Crippen molar-refractivity contribution in [2.75, 3.05) is 19.0 Å². The summed E-state index contributed by atoms with van der Waals surface area (Å²) in [5.41, 5.74) is 2.29. The number of anilines is 1. The summed E-state index contributed by atoms with van der Waals surface area (Å²) in [6.45, 7) is 1.32. The quantitative estimate of drug-likeness (QED) is 0.722. The maximum absolute atomic E-state index is 5.06. The second-order valence-corrected chi connectivity index (χ2v) is 6.48. The predicted molar refractivity (Wildman–Crippen MR) is 90.8 cm³/mol. The van der Waals surface area contributed by atoms with Gasteiger partial charge < -0.3 is 14.6 Å². The molecule has 4 rings (SSSR count). The van der Waals surface area contributed by atoms with Crippen molar-refractivity contribution in [3.63, 3.8) is 0 Å². The predicted octanol–water partition coefficient (Wildman–Crippen LogP) is 3.02. The van der Waals surface area contributed by atoms with Crippen molar-refractivity contribution in [2.24, 2.45) is 0 Å². The molecule has 2 aromatic heterocycles. The van der Waals surface area contributed by atoms with Crippen LogP contribution in [0.25, 0.3) is 11.0 Å². The third-order valence-electron chi connectivity index (χ3n) is 3.98. The number of nitrogens with one attached hydrogen (secondary N) is 1. The number of para-hydroxylation sites is 2. The van der Waals surface area contributed by atoms with Crippen LogP contribution in [0, 0.1) is 0 Å². The Morgan fingerprint density at radius 2 is 2.17 bits per heavy atom. The fraction of sp³-hybridized carbons (Fsp3) is 0.438. The molecule has 1 N–H and O–H groups in total. The van der Waals surface area contributed by atoms with Gasteiger partial charge >= 0.3 is 0 Å². The second-order valence-electron chi connectivity index (χ2n) is 5.73. The monoisotopic (exact) mass is 329 g/mol. The summed E-state index contributed by atoms with van der Waals surface area (Å²) in [4.78, 5) is 9.27. The second kappa shape index (κ2) is 6.25. The van der Waals surface area contributed by atoms with Crippen molar-refractivity contribution in [1.82, 2.24) is 18.9 Å². The minimum Gasteiger partial charge on any atom is -0.384 e. The van der Waals surface area contributed by atoms with Gasteiger partial charge in [-0.1, -0.05) is 12.1 Å². The van der Waals surface area contributed by atoms with E-state index >= 15 is 0 Å². The van der Waals surface area contributed by atoms with E-state index < -0.39 is 0 Å². The molecule has 1 saturated carbocycles. The highest BCUT2D eigenvalue weighted by Gasteiger charge is 2.27. The van der Waals surface area contributed by atoms with Gasteiger partial charge in [0.05, 0.1) is 24.2 Å². The lowest BCUT2D eigenvalue weighted by Crippen LogP contribution is -2.08. The molecule has 1 aliphatic rings. The number of imidazole rings is 1. The van der Waals surface area contributed by atoms with E-state index in [1.807, 2.05) is 6.07 Å². The molecular weight excluding hydrogens is 310 g/mol. The van der Waals surface area contributed by atoms with Crippen LogP contribution in [-0.2, 0) is 17.7 Å². The molecule has 0 spiro atoms. The van der Waals surface area contributed by atoms with E-state index in [1.54, 1.807) is 7.11 Å². The number of nitrogens with zero attached hydrogens (tertiary/aromatic N) is 4. The molecule has 6 nitrogen and oxygen atoms in total. The SMILES string of the molecule is COCCc1nsc(NCc2nc3ccccc3n2C2CC2)n1. The molecule has 0 atom stereocenters. The first-order chi connectivity index (χ1) is 11.3. The van der Waals surface area contributed by atoms with E-state index in [9.17, 15) is 0 Å². The number of ether oxygens (including phenoxy) is 1. The van der Waals surface area contributed by atoms with E-state index in [0.717, 1.165) is 28.7 Å². The molecule has 23 heavy (non-hydrogen) atoms. The van der Waals surface area contributed by atoms with Gasteiger partial charge in [-0.2, -0.15) is 4.37 Å². The molecule has 7 heteroatoms. The summed E-state index contributed by atoms with van der Waals surface area (Å²) >= 11 is 1.39. The summed E-state index contributed by atoms with van der Waals surface area (Å²) in [7, 11) is 1.69. The minimum absolute atomic E-state index is 0.603. The number of rotatable bonds is 7. The molecule has 2 heterocycles. The van der Waals surface area contributed by atoms with Crippen LogP contribution in [-0.4, -0.2) is 32.6 Å². The van der Waals surface area contributed by atoms with Crippen LogP contribution >= 0.6 is 11.5 Å². The van der Waals surface area contributed by atoms with Gasteiger partial charge in [0.25, 0.3) is 0 Å². The van der Waals surface area contributed by atoms with Crippen molar-refractivity contribution >= 4 is 27.7 Å². The average molecular weight is 329 g/mol.